The third-order valence-electron chi connectivity index (χ3n) is 4.48. The third-order valence-corrected chi connectivity index (χ3v) is 7.26. The molecular formula is C22H26FN3O3S2. The van der Waals surface area contributed by atoms with Crippen LogP contribution < -0.4 is 5.32 Å². The number of nitrogens with zero attached hydrogens (tertiary/aromatic N) is 2. The fourth-order valence-electron chi connectivity index (χ4n) is 3.15. The van der Waals surface area contributed by atoms with Crippen LogP contribution in [-0.4, -0.2) is 36.7 Å². The number of amides is 1. The fourth-order valence-corrected chi connectivity index (χ4v) is 5.79. The molecule has 166 valence electrons. The minimum atomic E-state index is -3.66. The van der Waals surface area contributed by atoms with Gasteiger partial charge in [-0.2, -0.15) is 4.31 Å². The molecule has 0 aliphatic carbocycles. The van der Waals surface area contributed by atoms with Gasteiger partial charge < -0.3 is 0 Å². The van der Waals surface area contributed by atoms with Gasteiger partial charge in [0.25, 0.3) is 5.91 Å². The quantitative estimate of drug-likeness (QED) is 0.510. The number of rotatable bonds is 8. The Morgan fingerprint density at radius 1 is 1.06 bits per heavy atom. The number of sulfonamides is 1. The van der Waals surface area contributed by atoms with Gasteiger partial charge in [-0.1, -0.05) is 45.1 Å². The van der Waals surface area contributed by atoms with Crippen molar-refractivity contribution >= 4 is 42.6 Å². The SMILES string of the molecule is CC(C)CN(CC(C)C)S(=O)(=O)c1ccc(C(=O)Nc2nc3c(F)cccc3s2)cc1. The Morgan fingerprint density at radius 3 is 2.23 bits per heavy atom. The summed E-state index contributed by atoms with van der Waals surface area (Å²) in [5, 5.41) is 2.93. The van der Waals surface area contributed by atoms with Crippen molar-refractivity contribution in [2.24, 2.45) is 11.8 Å². The first-order valence-corrected chi connectivity index (χ1v) is 12.3. The fraction of sp³-hybridized carbons (Fsp3) is 0.364. The van der Waals surface area contributed by atoms with Crippen LogP contribution in [0.15, 0.2) is 47.4 Å². The lowest BCUT2D eigenvalue weighted by atomic mass is 10.2. The van der Waals surface area contributed by atoms with E-state index in [9.17, 15) is 17.6 Å². The van der Waals surface area contributed by atoms with Crippen molar-refractivity contribution in [2.45, 2.75) is 32.6 Å². The predicted molar refractivity (Wildman–Crippen MR) is 122 cm³/mol. The first-order valence-electron chi connectivity index (χ1n) is 10.0. The molecule has 3 rings (SSSR count). The van der Waals surface area contributed by atoms with Gasteiger partial charge in [-0.05, 0) is 48.2 Å². The highest BCUT2D eigenvalue weighted by Gasteiger charge is 2.26. The summed E-state index contributed by atoms with van der Waals surface area (Å²) in [4.78, 5) is 16.8. The molecule has 0 aliphatic rings. The van der Waals surface area contributed by atoms with Gasteiger partial charge in [0.05, 0.1) is 9.60 Å². The molecule has 0 bridgehead atoms. The lowest BCUT2D eigenvalue weighted by Gasteiger charge is -2.25. The maximum Gasteiger partial charge on any atom is 0.257 e. The molecule has 0 aliphatic heterocycles. The maximum atomic E-state index is 13.8. The number of nitrogens with one attached hydrogen (secondary N) is 1. The van der Waals surface area contributed by atoms with Crippen LogP contribution in [-0.2, 0) is 10.0 Å². The Morgan fingerprint density at radius 2 is 1.68 bits per heavy atom. The van der Waals surface area contributed by atoms with Crippen LogP contribution in [0.25, 0.3) is 10.2 Å². The minimum Gasteiger partial charge on any atom is -0.298 e. The summed E-state index contributed by atoms with van der Waals surface area (Å²) in [6, 6.07) is 10.5. The van der Waals surface area contributed by atoms with Gasteiger partial charge in [0, 0.05) is 18.7 Å². The third kappa shape index (κ3) is 5.47. The van der Waals surface area contributed by atoms with Crippen LogP contribution in [0.5, 0.6) is 0 Å². The molecule has 0 saturated carbocycles. The molecule has 0 unspecified atom stereocenters. The van der Waals surface area contributed by atoms with Gasteiger partial charge in [0.1, 0.15) is 11.3 Å². The van der Waals surface area contributed by atoms with Gasteiger partial charge in [0.2, 0.25) is 10.0 Å². The van der Waals surface area contributed by atoms with E-state index in [1.54, 1.807) is 12.1 Å². The van der Waals surface area contributed by atoms with Gasteiger partial charge in [-0.25, -0.2) is 17.8 Å². The number of para-hydroxylation sites is 1. The first kappa shape index (κ1) is 23.3. The smallest absolute Gasteiger partial charge is 0.257 e. The molecule has 31 heavy (non-hydrogen) atoms. The molecule has 0 saturated heterocycles. The van der Waals surface area contributed by atoms with E-state index >= 15 is 0 Å². The van der Waals surface area contributed by atoms with E-state index in [0.717, 1.165) is 0 Å². The molecule has 6 nitrogen and oxygen atoms in total. The molecule has 9 heteroatoms. The first-order chi connectivity index (χ1) is 14.6. The largest absolute Gasteiger partial charge is 0.298 e. The Hall–Kier alpha value is -2.36. The molecule has 0 spiro atoms. The van der Waals surface area contributed by atoms with Crippen LogP contribution in [0.4, 0.5) is 9.52 Å². The number of hydrogen-bond acceptors (Lipinski definition) is 5. The Bertz CT molecular complexity index is 1160. The van der Waals surface area contributed by atoms with Crippen molar-refractivity contribution in [3.63, 3.8) is 0 Å². The number of aromatic nitrogens is 1. The summed E-state index contributed by atoms with van der Waals surface area (Å²) in [7, 11) is -3.66. The summed E-state index contributed by atoms with van der Waals surface area (Å²) in [6.07, 6.45) is 0. The van der Waals surface area contributed by atoms with E-state index in [-0.39, 0.29) is 32.9 Å². The highest BCUT2D eigenvalue weighted by atomic mass is 32.2. The summed E-state index contributed by atoms with van der Waals surface area (Å²) >= 11 is 1.17. The van der Waals surface area contributed by atoms with Crippen molar-refractivity contribution in [2.75, 3.05) is 18.4 Å². The van der Waals surface area contributed by atoms with Gasteiger partial charge >= 0.3 is 0 Å². The number of carbonyl (C=O) groups is 1. The molecule has 2 aromatic carbocycles. The molecular weight excluding hydrogens is 437 g/mol. The molecule has 1 aromatic heterocycles. The number of anilines is 1. The number of carbonyl (C=O) groups excluding carboxylic acids is 1. The second-order valence-electron chi connectivity index (χ2n) is 8.19. The van der Waals surface area contributed by atoms with E-state index in [1.807, 2.05) is 27.7 Å². The average molecular weight is 464 g/mol. The summed E-state index contributed by atoms with van der Waals surface area (Å²) in [6.45, 7) is 8.76. The van der Waals surface area contributed by atoms with Crippen molar-refractivity contribution in [3.8, 4) is 0 Å². The van der Waals surface area contributed by atoms with Crippen LogP contribution in [0.3, 0.4) is 0 Å². The summed E-state index contributed by atoms with van der Waals surface area (Å²) < 4.78 is 42.1. The minimum absolute atomic E-state index is 0.146. The van der Waals surface area contributed by atoms with Crippen LogP contribution in [0.2, 0.25) is 0 Å². The molecule has 1 N–H and O–H groups in total. The van der Waals surface area contributed by atoms with Crippen LogP contribution in [0, 0.1) is 17.7 Å². The molecule has 1 amide bonds. The predicted octanol–water partition coefficient (Wildman–Crippen LogP) is 4.99. The van der Waals surface area contributed by atoms with Gasteiger partial charge in [-0.15, -0.1) is 0 Å². The Labute approximate surface area is 186 Å². The summed E-state index contributed by atoms with van der Waals surface area (Å²) in [5.74, 6) is -0.504. The molecule has 1 heterocycles. The van der Waals surface area contributed by atoms with E-state index < -0.39 is 21.7 Å². The molecule has 0 fully saturated rings. The van der Waals surface area contributed by atoms with Gasteiger partial charge in [0.15, 0.2) is 5.13 Å². The number of fused-ring (bicyclic) bond motifs is 1. The maximum absolute atomic E-state index is 13.8. The number of halogens is 1. The van der Waals surface area contributed by atoms with Crippen molar-refractivity contribution < 1.29 is 17.6 Å². The van der Waals surface area contributed by atoms with Crippen LogP contribution in [0.1, 0.15) is 38.1 Å². The summed E-state index contributed by atoms with van der Waals surface area (Å²) in [5.41, 5.74) is 0.498. The lowest BCUT2D eigenvalue weighted by molar-refractivity contribution is 0.102. The van der Waals surface area contributed by atoms with Crippen LogP contribution >= 0.6 is 11.3 Å². The highest BCUT2D eigenvalue weighted by Crippen LogP contribution is 2.28. The molecule has 3 aromatic rings. The highest BCUT2D eigenvalue weighted by molar-refractivity contribution is 7.89. The standard InChI is InChI=1S/C22H26FN3O3S2/c1-14(2)12-26(13-15(3)4)31(28,29)17-10-8-16(9-11-17)21(27)25-22-24-20-18(23)6-5-7-19(20)30-22/h5-11,14-15H,12-13H2,1-4H3,(H,24,25,27). The van der Waals surface area contributed by atoms with Gasteiger partial charge in [-0.3, -0.25) is 10.1 Å². The Kier molecular flexibility index (Phi) is 7.08. The number of hydrogen-bond donors (Lipinski definition) is 1. The zero-order valence-electron chi connectivity index (χ0n) is 17.9. The van der Waals surface area contributed by atoms with E-state index in [1.165, 1.54) is 46.0 Å². The zero-order chi connectivity index (χ0) is 22.8. The average Bonchev–Trinajstić information content (AvgIpc) is 3.10. The van der Waals surface area contributed by atoms with Crippen molar-refractivity contribution in [1.82, 2.24) is 9.29 Å². The molecule has 0 atom stereocenters. The number of benzene rings is 2. The Balaban J connectivity index is 1.79. The lowest BCUT2D eigenvalue weighted by Crippen LogP contribution is -2.37. The topological polar surface area (TPSA) is 79.4 Å². The van der Waals surface area contributed by atoms with E-state index in [4.69, 9.17) is 0 Å². The second-order valence-corrected chi connectivity index (χ2v) is 11.2. The monoisotopic (exact) mass is 463 g/mol. The van der Waals surface area contributed by atoms with E-state index in [2.05, 4.69) is 10.3 Å². The zero-order valence-corrected chi connectivity index (χ0v) is 19.6. The normalized spacial score (nSPS) is 12.3. The number of thiazole rings is 1. The molecule has 0 radical (unpaired) electrons. The van der Waals surface area contributed by atoms with Crippen molar-refractivity contribution in [3.05, 3.63) is 53.8 Å². The van der Waals surface area contributed by atoms with Crippen molar-refractivity contribution in [1.29, 1.82) is 0 Å². The second kappa shape index (κ2) is 9.42. The van der Waals surface area contributed by atoms with E-state index in [0.29, 0.717) is 17.8 Å².